The van der Waals surface area contributed by atoms with Crippen molar-refractivity contribution in [3.63, 3.8) is 0 Å². The van der Waals surface area contributed by atoms with Crippen LogP contribution in [0.15, 0.2) is 36.4 Å². The van der Waals surface area contributed by atoms with Crippen LogP contribution in [0.5, 0.6) is 0 Å². The van der Waals surface area contributed by atoms with Crippen LogP contribution < -0.4 is 11.1 Å². The number of carbonyl (C=O) groups excluding carboxylic acids is 3. The summed E-state index contributed by atoms with van der Waals surface area (Å²) in [5.41, 5.74) is 6.85. The highest BCUT2D eigenvalue weighted by molar-refractivity contribution is 6.08. The summed E-state index contributed by atoms with van der Waals surface area (Å²) in [6.45, 7) is 0.0673. The maximum absolute atomic E-state index is 12.7. The van der Waals surface area contributed by atoms with E-state index in [9.17, 15) is 14.4 Å². The summed E-state index contributed by atoms with van der Waals surface area (Å²) in [5.74, 6) is -1.32. The summed E-state index contributed by atoms with van der Waals surface area (Å²) in [6.07, 6.45) is -0.0287. The number of amides is 1. The first-order valence-electron chi connectivity index (χ1n) is 9.38. The van der Waals surface area contributed by atoms with Crippen molar-refractivity contribution in [1.82, 2.24) is 9.88 Å². The van der Waals surface area contributed by atoms with Gasteiger partial charge in [-0.05, 0) is 19.1 Å². The van der Waals surface area contributed by atoms with Crippen LogP contribution >= 0.6 is 0 Å². The van der Waals surface area contributed by atoms with Gasteiger partial charge in [0.15, 0.2) is 0 Å². The third-order valence-corrected chi connectivity index (χ3v) is 4.69. The van der Waals surface area contributed by atoms with Gasteiger partial charge in [-0.25, -0.2) is 0 Å². The number of ketones is 1. The van der Waals surface area contributed by atoms with Crippen molar-refractivity contribution in [2.75, 3.05) is 26.4 Å². The summed E-state index contributed by atoms with van der Waals surface area (Å²) < 4.78 is 6.50. The SMILES string of the molecule is Cc1ccc(C(=O)c2ccc(CC(=O)NCC(=O)OCC(N)(CO)CO)n2C)cc1.O. The molecule has 0 fully saturated rings. The lowest BCUT2D eigenvalue weighted by Crippen LogP contribution is -2.52. The lowest BCUT2D eigenvalue weighted by atomic mass is 10.1. The first-order valence-corrected chi connectivity index (χ1v) is 9.38. The van der Waals surface area contributed by atoms with E-state index < -0.39 is 30.6 Å². The van der Waals surface area contributed by atoms with Crippen molar-refractivity contribution in [3.8, 4) is 0 Å². The van der Waals surface area contributed by atoms with Crippen LogP contribution in [0.3, 0.4) is 0 Å². The molecule has 0 saturated heterocycles. The number of rotatable bonds is 10. The minimum atomic E-state index is -1.43. The van der Waals surface area contributed by atoms with E-state index in [1.165, 1.54) is 0 Å². The fourth-order valence-corrected chi connectivity index (χ4v) is 2.63. The number of aliphatic hydroxyl groups excluding tert-OH is 2. The zero-order valence-electron chi connectivity index (χ0n) is 17.6. The van der Waals surface area contributed by atoms with E-state index in [1.807, 2.05) is 19.1 Å². The number of nitrogens with two attached hydrogens (primary N) is 1. The van der Waals surface area contributed by atoms with E-state index >= 15 is 0 Å². The van der Waals surface area contributed by atoms with Crippen molar-refractivity contribution in [1.29, 1.82) is 0 Å². The molecule has 170 valence electrons. The molecule has 1 aromatic carbocycles. The summed E-state index contributed by atoms with van der Waals surface area (Å²) in [7, 11) is 1.70. The van der Waals surface area contributed by atoms with Crippen molar-refractivity contribution < 1.29 is 34.8 Å². The Labute approximate surface area is 179 Å². The molecule has 10 heteroatoms. The largest absolute Gasteiger partial charge is 0.462 e. The van der Waals surface area contributed by atoms with E-state index in [0.717, 1.165) is 5.56 Å². The number of hydrogen-bond donors (Lipinski definition) is 4. The molecule has 31 heavy (non-hydrogen) atoms. The highest BCUT2D eigenvalue weighted by atomic mass is 16.5. The Hall–Kier alpha value is -3.05. The molecule has 0 bridgehead atoms. The first-order chi connectivity index (χ1) is 14.2. The quantitative estimate of drug-likeness (QED) is 0.263. The van der Waals surface area contributed by atoms with E-state index in [-0.39, 0.29) is 30.8 Å². The molecule has 7 N–H and O–H groups in total. The second kappa shape index (κ2) is 11.4. The fourth-order valence-electron chi connectivity index (χ4n) is 2.63. The molecule has 1 amide bonds. The molecule has 0 aliphatic heterocycles. The molecule has 0 spiro atoms. The van der Waals surface area contributed by atoms with Crippen molar-refractivity contribution in [2.24, 2.45) is 12.8 Å². The van der Waals surface area contributed by atoms with Crippen LogP contribution in [-0.4, -0.2) is 69.8 Å². The molecule has 2 rings (SSSR count). The van der Waals surface area contributed by atoms with E-state index in [0.29, 0.717) is 17.0 Å². The van der Waals surface area contributed by atoms with Gasteiger partial charge >= 0.3 is 5.97 Å². The van der Waals surface area contributed by atoms with E-state index in [2.05, 4.69) is 5.32 Å². The molecular weight excluding hydrogens is 406 g/mol. The predicted molar refractivity (Wildman–Crippen MR) is 112 cm³/mol. The van der Waals surface area contributed by atoms with Gasteiger partial charge in [0.05, 0.1) is 30.9 Å². The number of nitrogens with zero attached hydrogens (tertiary/aromatic N) is 1. The Morgan fingerprint density at radius 2 is 1.71 bits per heavy atom. The number of ether oxygens (including phenoxy) is 1. The zero-order chi connectivity index (χ0) is 22.3. The van der Waals surface area contributed by atoms with Gasteiger partial charge in [0.1, 0.15) is 13.2 Å². The molecule has 0 radical (unpaired) electrons. The normalized spacial score (nSPS) is 10.9. The maximum Gasteiger partial charge on any atom is 0.325 e. The van der Waals surface area contributed by atoms with Gasteiger partial charge in [-0.1, -0.05) is 29.8 Å². The number of aromatic nitrogens is 1. The number of carbonyl (C=O) groups is 3. The Morgan fingerprint density at radius 1 is 1.10 bits per heavy atom. The Morgan fingerprint density at radius 3 is 2.29 bits per heavy atom. The number of esters is 1. The number of aryl methyl sites for hydroxylation is 1. The maximum atomic E-state index is 12.7. The lowest BCUT2D eigenvalue weighted by Gasteiger charge is -2.23. The average molecular weight is 435 g/mol. The summed E-state index contributed by atoms with van der Waals surface area (Å²) in [4.78, 5) is 36.5. The molecule has 0 aliphatic carbocycles. The van der Waals surface area contributed by atoms with Crippen LogP contribution in [-0.2, 0) is 27.8 Å². The lowest BCUT2D eigenvalue weighted by molar-refractivity contribution is -0.146. The Bertz CT molecular complexity index is 902. The smallest absolute Gasteiger partial charge is 0.325 e. The summed E-state index contributed by atoms with van der Waals surface area (Å²) in [6, 6.07) is 10.6. The van der Waals surface area contributed by atoms with Crippen LogP contribution in [0, 0.1) is 6.92 Å². The topological polar surface area (TPSA) is 175 Å². The predicted octanol–water partition coefficient (Wildman–Crippen LogP) is -1.38. The highest BCUT2D eigenvalue weighted by Gasteiger charge is 2.25. The monoisotopic (exact) mass is 435 g/mol. The molecule has 10 nitrogen and oxygen atoms in total. The molecule has 0 saturated carbocycles. The van der Waals surface area contributed by atoms with Gasteiger partial charge in [-0.2, -0.15) is 0 Å². The van der Waals surface area contributed by atoms with Gasteiger partial charge in [-0.3, -0.25) is 14.4 Å². The van der Waals surface area contributed by atoms with Crippen molar-refractivity contribution in [3.05, 3.63) is 58.9 Å². The van der Waals surface area contributed by atoms with Crippen molar-refractivity contribution in [2.45, 2.75) is 18.9 Å². The average Bonchev–Trinajstić information content (AvgIpc) is 3.10. The Kier molecular flexibility index (Phi) is 9.53. The standard InChI is InChI=1S/C21H27N3O6.H2O/c1-14-3-5-15(6-4-14)20(29)17-8-7-16(24(17)2)9-18(27)23-10-19(28)30-13-21(22,11-25)12-26;/h3-8,25-26H,9-13,22H2,1-2H3,(H,23,27);1H2. The number of benzene rings is 1. The Balaban J connectivity index is 0.00000480. The van der Waals surface area contributed by atoms with E-state index in [1.54, 1.807) is 35.9 Å². The summed E-state index contributed by atoms with van der Waals surface area (Å²) in [5, 5.41) is 20.5. The van der Waals surface area contributed by atoms with Gasteiger partial charge < -0.3 is 36.0 Å². The van der Waals surface area contributed by atoms with Gasteiger partial charge in [0.25, 0.3) is 0 Å². The third kappa shape index (κ3) is 7.00. The molecule has 0 atom stereocenters. The van der Waals surface area contributed by atoms with Crippen LogP contribution in [0.25, 0.3) is 0 Å². The zero-order valence-corrected chi connectivity index (χ0v) is 17.6. The molecule has 0 unspecified atom stereocenters. The molecule has 1 aromatic heterocycles. The highest BCUT2D eigenvalue weighted by Crippen LogP contribution is 2.14. The number of aliphatic hydroxyl groups is 2. The minimum absolute atomic E-state index is 0. The van der Waals surface area contributed by atoms with Gasteiger partial charge in [0.2, 0.25) is 11.7 Å². The second-order valence-corrected chi connectivity index (χ2v) is 7.26. The second-order valence-electron chi connectivity index (χ2n) is 7.26. The fraction of sp³-hybridized carbons (Fsp3) is 0.381. The van der Waals surface area contributed by atoms with E-state index in [4.69, 9.17) is 20.7 Å². The third-order valence-electron chi connectivity index (χ3n) is 4.69. The molecule has 1 heterocycles. The van der Waals surface area contributed by atoms with Gasteiger partial charge in [0, 0.05) is 18.3 Å². The number of nitrogens with one attached hydrogen (secondary N) is 1. The molecule has 2 aromatic rings. The molecular formula is C21H29N3O7. The minimum Gasteiger partial charge on any atom is -0.462 e. The molecule has 0 aliphatic rings. The summed E-state index contributed by atoms with van der Waals surface area (Å²) >= 11 is 0. The van der Waals surface area contributed by atoms with Gasteiger partial charge in [-0.15, -0.1) is 0 Å². The van der Waals surface area contributed by atoms with Crippen molar-refractivity contribution >= 4 is 17.7 Å². The number of hydrogen-bond acceptors (Lipinski definition) is 7. The van der Waals surface area contributed by atoms with Crippen LogP contribution in [0.1, 0.15) is 27.3 Å². The van der Waals surface area contributed by atoms with Crippen LogP contribution in [0.2, 0.25) is 0 Å². The first kappa shape index (κ1) is 26.0. The van der Waals surface area contributed by atoms with Crippen LogP contribution in [0.4, 0.5) is 0 Å².